The second kappa shape index (κ2) is 8.87. The number of likely N-dealkylation sites (tertiary alicyclic amines) is 1. The summed E-state index contributed by atoms with van der Waals surface area (Å²) in [6.45, 7) is 3.87. The zero-order valence-corrected chi connectivity index (χ0v) is 17.1. The quantitative estimate of drug-likeness (QED) is 0.665. The molecule has 2 aliphatic heterocycles. The van der Waals surface area contributed by atoms with Gasteiger partial charge in [0.1, 0.15) is 0 Å². The summed E-state index contributed by atoms with van der Waals surface area (Å²) < 4.78 is 32.0. The van der Waals surface area contributed by atoms with Gasteiger partial charge in [-0.1, -0.05) is 23.7 Å². The molecule has 2 heterocycles. The largest absolute Gasteiger partial charge is 0.383 e. The van der Waals surface area contributed by atoms with E-state index in [1.807, 2.05) is 4.90 Å². The molecule has 9 heteroatoms. The Labute approximate surface area is 165 Å². The van der Waals surface area contributed by atoms with Crippen molar-refractivity contribution in [3.63, 3.8) is 0 Å². The third-order valence-electron chi connectivity index (χ3n) is 5.20. The summed E-state index contributed by atoms with van der Waals surface area (Å²) in [4.78, 5) is 16.5. The molecule has 0 bridgehead atoms. The molecule has 3 rings (SSSR count). The van der Waals surface area contributed by atoms with Crippen LogP contribution in [0, 0.1) is 0 Å². The number of piperazine rings is 1. The molecule has 2 aliphatic rings. The Kier molecular flexibility index (Phi) is 6.75. The average Bonchev–Trinajstić information content (AvgIpc) is 3.02. The molecule has 1 unspecified atom stereocenters. The van der Waals surface area contributed by atoms with Gasteiger partial charge in [-0.15, -0.1) is 0 Å². The predicted molar refractivity (Wildman–Crippen MR) is 104 cm³/mol. The molecule has 1 aromatic carbocycles. The van der Waals surface area contributed by atoms with Crippen LogP contribution >= 0.6 is 11.6 Å². The Morgan fingerprint density at radius 3 is 2.41 bits per heavy atom. The molecule has 150 valence electrons. The molecule has 0 spiro atoms. The molecule has 2 fully saturated rings. The second-order valence-electron chi connectivity index (χ2n) is 6.94. The summed E-state index contributed by atoms with van der Waals surface area (Å²) in [7, 11) is -1.75. The van der Waals surface area contributed by atoms with Gasteiger partial charge in [0.15, 0.2) is 0 Å². The summed E-state index contributed by atoms with van der Waals surface area (Å²) in [6, 6.07) is 6.74. The van der Waals surface area contributed by atoms with E-state index in [-0.39, 0.29) is 17.7 Å². The first-order valence-corrected chi connectivity index (χ1v) is 11.1. The van der Waals surface area contributed by atoms with E-state index in [1.165, 1.54) is 4.31 Å². The van der Waals surface area contributed by atoms with E-state index >= 15 is 0 Å². The molecule has 2 saturated heterocycles. The SMILES string of the molecule is COCCN1CCC(N2CCN(S(=O)(=O)Cc3ccc(Cl)cc3)CC2)C1=O. The fourth-order valence-corrected chi connectivity index (χ4v) is 5.30. The Morgan fingerprint density at radius 1 is 1.11 bits per heavy atom. The maximum Gasteiger partial charge on any atom is 0.240 e. The Morgan fingerprint density at radius 2 is 1.78 bits per heavy atom. The molecular formula is C18H26ClN3O4S. The lowest BCUT2D eigenvalue weighted by Gasteiger charge is -2.36. The first kappa shape index (κ1) is 20.5. The van der Waals surface area contributed by atoms with Crippen LogP contribution in [0.25, 0.3) is 0 Å². The highest BCUT2D eigenvalue weighted by Gasteiger charge is 2.38. The highest BCUT2D eigenvalue weighted by atomic mass is 35.5. The molecule has 7 nitrogen and oxygen atoms in total. The average molecular weight is 416 g/mol. The molecule has 1 aromatic rings. The van der Waals surface area contributed by atoms with Crippen molar-refractivity contribution in [3.8, 4) is 0 Å². The van der Waals surface area contributed by atoms with Gasteiger partial charge in [0.05, 0.1) is 18.4 Å². The van der Waals surface area contributed by atoms with Crippen LogP contribution in [0.4, 0.5) is 0 Å². The number of carbonyl (C=O) groups is 1. The van der Waals surface area contributed by atoms with Gasteiger partial charge in [0.2, 0.25) is 15.9 Å². The Bertz CT molecular complexity index is 748. The number of ether oxygens (including phenoxy) is 1. The lowest BCUT2D eigenvalue weighted by molar-refractivity contribution is -0.133. The number of sulfonamides is 1. The number of hydrogen-bond acceptors (Lipinski definition) is 5. The summed E-state index contributed by atoms with van der Waals surface area (Å²) in [6.07, 6.45) is 0.792. The van der Waals surface area contributed by atoms with Gasteiger partial charge in [0, 0.05) is 51.4 Å². The van der Waals surface area contributed by atoms with Gasteiger partial charge in [-0.25, -0.2) is 8.42 Å². The van der Waals surface area contributed by atoms with Gasteiger partial charge in [-0.05, 0) is 24.1 Å². The molecule has 0 saturated carbocycles. The molecule has 1 amide bonds. The number of methoxy groups -OCH3 is 1. The summed E-state index contributed by atoms with van der Waals surface area (Å²) >= 11 is 5.86. The maximum atomic E-state index is 12.7. The third kappa shape index (κ3) is 5.00. The lowest BCUT2D eigenvalue weighted by atomic mass is 10.2. The van der Waals surface area contributed by atoms with Crippen molar-refractivity contribution in [1.82, 2.24) is 14.1 Å². The summed E-state index contributed by atoms with van der Waals surface area (Å²) in [5.74, 6) is 0.0988. The number of carbonyl (C=O) groups excluding carboxylic acids is 1. The van der Waals surface area contributed by atoms with Gasteiger partial charge < -0.3 is 9.64 Å². The molecule has 27 heavy (non-hydrogen) atoms. The van der Waals surface area contributed by atoms with Crippen LogP contribution in [0.5, 0.6) is 0 Å². The minimum atomic E-state index is -3.38. The van der Waals surface area contributed by atoms with E-state index in [4.69, 9.17) is 16.3 Å². The van der Waals surface area contributed by atoms with Gasteiger partial charge >= 0.3 is 0 Å². The normalized spacial score (nSPS) is 22.5. The van der Waals surface area contributed by atoms with Crippen molar-refractivity contribution in [3.05, 3.63) is 34.9 Å². The fraction of sp³-hybridized carbons (Fsp3) is 0.611. The van der Waals surface area contributed by atoms with E-state index in [0.29, 0.717) is 44.4 Å². The van der Waals surface area contributed by atoms with Crippen LogP contribution in [0.2, 0.25) is 5.02 Å². The van der Waals surface area contributed by atoms with Crippen LogP contribution < -0.4 is 0 Å². The van der Waals surface area contributed by atoms with E-state index < -0.39 is 10.0 Å². The number of hydrogen-bond donors (Lipinski definition) is 0. The first-order chi connectivity index (χ1) is 12.9. The molecule has 0 N–H and O–H groups in total. The number of nitrogens with zero attached hydrogens (tertiary/aromatic N) is 3. The third-order valence-corrected chi connectivity index (χ3v) is 7.31. The second-order valence-corrected chi connectivity index (χ2v) is 9.35. The van der Waals surface area contributed by atoms with Crippen molar-refractivity contribution < 1.29 is 17.9 Å². The van der Waals surface area contributed by atoms with E-state index in [2.05, 4.69) is 4.90 Å². The van der Waals surface area contributed by atoms with Crippen molar-refractivity contribution in [1.29, 1.82) is 0 Å². The zero-order chi connectivity index (χ0) is 19.4. The zero-order valence-electron chi connectivity index (χ0n) is 15.5. The smallest absolute Gasteiger partial charge is 0.240 e. The fourth-order valence-electron chi connectivity index (χ4n) is 3.66. The minimum absolute atomic E-state index is 0.0304. The highest BCUT2D eigenvalue weighted by Crippen LogP contribution is 2.21. The van der Waals surface area contributed by atoms with Gasteiger partial charge in [-0.3, -0.25) is 9.69 Å². The number of rotatable bonds is 7. The Balaban J connectivity index is 1.54. The monoisotopic (exact) mass is 415 g/mol. The summed E-state index contributed by atoms with van der Waals surface area (Å²) in [5, 5.41) is 0.588. The number of amides is 1. The number of halogens is 1. The first-order valence-electron chi connectivity index (χ1n) is 9.15. The Hall–Kier alpha value is -1.19. The van der Waals surface area contributed by atoms with Crippen molar-refractivity contribution >= 4 is 27.5 Å². The molecule has 0 aromatic heterocycles. The van der Waals surface area contributed by atoms with E-state index in [1.54, 1.807) is 31.4 Å². The lowest BCUT2D eigenvalue weighted by Crippen LogP contribution is -2.54. The number of benzene rings is 1. The molecule has 0 aliphatic carbocycles. The van der Waals surface area contributed by atoms with Crippen LogP contribution in [0.15, 0.2) is 24.3 Å². The molecule has 0 radical (unpaired) electrons. The maximum absolute atomic E-state index is 12.7. The van der Waals surface area contributed by atoms with Crippen molar-refractivity contribution in [2.45, 2.75) is 18.2 Å². The van der Waals surface area contributed by atoms with Gasteiger partial charge in [0.25, 0.3) is 0 Å². The van der Waals surface area contributed by atoms with E-state index in [0.717, 1.165) is 18.5 Å². The van der Waals surface area contributed by atoms with Crippen molar-refractivity contribution in [2.75, 3.05) is 53.0 Å². The van der Waals surface area contributed by atoms with Crippen molar-refractivity contribution in [2.24, 2.45) is 0 Å². The van der Waals surface area contributed by atoms with Gasteiger partial charge in [-0.2, -0.15) is 4.31 Å². The molecular weight excluding hydrogens is 390 g/mol. The highest BCUT2D eigenvalue weighted by molar-refractivity contribution is 7.88. The predicted octanol–water partition coefficient (Wildman–Crippen LogP) is 1.03. The van der Waals surface area contributed by atoms with Crippen LogP contribution in [0.1, 0.15) is 12.0 Å². The topological polar surface area (TPSA) is 70.2 Å². The van der Waals surface area contributed by atoms with Crippen LogP contribution in [0.3, 0.4) is 0 Å². The van der Waals surface area contributed by atoms with E-state index in [9.17, 15) is 13.2 Å². The molecule has 1 atom stereocenters. The van der Waals surface area contributed by atoms with Crippen LogP contribution in [-0.2, 0) is 25.3 Å². The minimum Gasteiger partial charge on any atom is -0.383 e. The van der Waals surface area contributed by atoms with Crippen LogP contribution in [-0.4, -0.2) is 87.5 Å². The summed E-state index contributed by atoms with van der Waals surface area (Å²) in [5.41, 5.74) is 0.724. The standard InChI is InChI=1S/C18H26ClN3O4S/c1-26-13-12-21-7-6-17(18(21)23)20-8-10-22(11-9-20)27(24,25)14-15-2-4-16(19)5-3-15/h2-5,17H,6-14H2,1H3.